The van der Waals surface area contributed by atoms with Crippen LogP contribution in [-0.2, 0) is 4.74 Å². The van der Waals surface area contributed by atoms with E-state index in [0.29, 0.717) is 6.61 Å². The summed E-state index contributed by atoms with van der Waals surface area (Å²) in [5.74, 6) is 0. The molecule has 1 aliphatic heterocycles. The maximum absolute atomic E-state index is 8.75. The molecule has 0 saturated carbocycles. The van der Waals surface area contributed by atoms with Gasteiger partial charge in [-0.2, -0.15) is 0 Å². The molecule has 1 rings (SSSR count). The lowest BCUT2D eigenvalue weighted by Gasteiger charge is -1.93. The largest absolute Gasteiger partial charge is 0.386 e. The Morgan fingerprint density at radius 3 is 2.71 bits per heavy atom. The van der Waals surface area contributed by atoms with Gasteiger partial charge in [0.05, 0.1) is 6.61 Å². The Kier molecular flexibility index (Phi) is 1.13. The summed E-state index contributed by atoms with van der Waals surface area (Å²) in [5.41, 5.74) is 0. The SMILES string of the molecule is C=C[C@@H](O)[C@@H]1CO1. The molecule has 1 N–H and O–H groups in total. The number of aliphatic hydroxyl groups is 1. The third-order valence-corrected chi connectivity index (χ3v) is 0.982. The first kappa shape index (κ1) is 4.81. The van der Waals surface area contributed by atoms with E-state index < -0.39 is 6.10 Å². The Morgan fingerprint density at radius 1 is 2.00 bits per heavy atom. The average Bonchev–Trinajstić information content (AvgIpc) is 2.44. The molecule has 7 heavy (non-hydrogen) atoms. The van der Waals surface area contributed by atoms with Crippen LogP contribution in [0.15, 0.2) is 12.7 Å². The van der Waals surface area contributed by atoms with E-state index in [-0.39, 0.29) is 6.10 Å². The zero-order valence-corrected chi connectivity index (χ0v) is 4.00. The van der Waals surface area contributed by atoms with Crippen molar-refractivity contribution in [2.45, 2.75) is 12.2 Å². The molecule has 2 nitrogen and oxygen atoms in total. The van der Waals surface area contributed by atoms with E-state index >= 15 is 0 Å². The van der Waals surface area contributed by atoms with Crippen LogP contribution >= 0.6 is 0 Å². The van der Waals surface area contributed by atoms with Gasteiger partial charge in [-0.15, -0.1) is 6.58 Å². The summed E-state index contributed by atoms with van der Waals surface area (Å²) in [5, 5.41) is 8.75. The van der Waals surface area contributed by atoms with Crippen LogP contribution in [0.2, 0.25) is 0 Å². The topological polar surface area (TPSA) is 32.8 Å². The molecule has 1 aliphatic rings. The number of ether oxygens (including phenoxy) is 1. The number of hydrogen-bond acceptors (Lipinski definition) is 2. The Labute approximate surface area is 42.4 Å². The highest BCUT2D eigenvalue weighted by Crippen LogP contribution is 2.13. The van der Waals surface area contributed by atoms with Crippen molar-refractivity contribution in [3.8, 4) is 0 Å². The third kappa shape index (κ3) is 1.01. The van der Waals surface area contributed by atoms with Crippen LogP contribution in [-0.4, -0.2) is 23.9 Å². The minimum atomic E-state index is -0.444. The lowest BCUT2D eigenvalue weighted by atomic mass is 10.3. The molecule has 0 unspecified atom stereocenters. The van der Waals surface area contributed by atoms with Crippen LogP contribution in [0.5, 0.6) is 0 Å². The van der Waals surface area contributed by atoms with Crippen molar-refractivity contribution < 1.29 is 9.84 Å². The molecule has 1 saturated heterocycles. The Balaban J connectivity index is 2.22. The van der Waals surface area contributed by atoms with Crippen LogP contribution in [0.3, 0.4) is 0 Å². The number of epoxide rings is 1. The highest BCUT2D eigenvalue weighted by molar-refractivity contribution is 4.90. The molecule has 0 aromatic heterocycles. The molecule has 0 bridgehead atoms. The molecule has 0 radical (unpaired) electrons. The molecule has 0 aromatic rings. The van der Waals surface area contributed by atoms with Gasteiger partial charge in [0, 0.05) is 0 Å². The summed E-state index contributed by atoms with van der Waals surface area (Å²) in [6, 6.07) is 0. The van der Waals surface area contributed by atoms with E-state index in [2.05, 4.69) is 6.58 Å². The minimum absolute atomic E-state index is 0.0532. The van der Waals surface area contributed by atoms with Crippen molar-refractivity contribution >= 4 is 0 Å². The van der Waals surface area contributed by atoms with Crippen LogP contribution in [0.1, 0.15) is 0 Å². The van der Waals surface area contributed by atoms with Gasteiger partial charge in [-0.3, -0.25) is 0 Å². The second-order valence-electron chi connectivity index (χ2n) is 1.60. The van der Waals surface area contributed by atoms with E-state index in [1.807, 2.05) is 0 Å². The first-order valence-corrected chi connectivity index (χ1v) is 2.27. The zero-order chi connectivity index (χ0) is 5.28. The lowest BCUT2D eigenvalue weighted by molar-refractivity contribution is 0.178. The summed E-state index contributed by atoms with van der Waals surface area (Å²) in [4.78, 5) is 0. The van der Waals surface area contributed by atoms with Crippen molar-refractivity contribution in [2.75, 3.05) is 6.61 Å². The van der Waals surface area contributed by atoms with Gasteiger partial charge in [-0.05, 0) is 0 Å². The molecule has 1 heterocycles. The fraction of sp³-hybridized carbons (Fsp3) is 0.600. The first-order chi connectivity index (χ1) is 3.34. The van der Waals surface area contributed by atoms with Gasteiger partial charge in [-0.25, -0.2) is 0 Å². The molecule has 1 fully saturated rings. The second-order valence-corrected chi connectivity index (χ2v) is 1.60. The van der Waals surface area contributed by atoms with E-state index in [4.69, 9.17) is 9.84 Å². The fourth-order valence-corrected chi connectivity index (χ4v) is 0.405. The Hall–Kier alpha value is -0.340. The van der Waals surface area contributed by atoms with Crippen LogP contribution < -0.4 is 0 Å². The van der Waals surface area contributed by atoms with Gasteiger partial charge < -0.3 is 9.84 Å². The van der Waals surface area contributed by atoms with Gasteiger partial charge in [0.2, 0.25) is 0 Å². The summed E-state index contributed by atoms with van der Waals surface area (Å²) < 4.78 is 4.74. The number of rotatable bonds is 2. The highest BCUT2D eigenvalue weighted by atomic mass is 16.6. The summed E-state index contributed by atoms with van der Waals surface area (Å²) in [6.45, 7) is 4.08. The van der Waals surface area contributed by atoms with Crippen molar-refractivity contribution in [2.24, 2.45) is 0 Å². The minimum Gasteiger partial charge on any atom is -0.386 e. The quantitative estimate of drug-likeness (QED) is 0.389. The maximum Gasteiger partial charge on any atom is 0.110 e. The molecule has 0 aromatic carbocycles. The summed E-state index contributed by atoms with van der Waals surface area (Å²) >= 11 is 0. The molecule has 0 aliphatic carbocycles. The van der Waals surface area contributed by atoms with Crippen LogP contribution in [0.25, 0.3) is 0 Å². The molecule has 2 atom stereocenters. The van der Waals surface area contributed by atoms with Gasteiger partial charge in [-0.1, -0.05) is 6.08 Å². The maximum atomic E-state index is 8.75. The molecular weight excluding hydrogens is 92.1 g/mol. The van der Waals surface area contributed by atoms with E-state index in [1.54, 1.807) is 0 Å². The molecule has 40 valence electrons. The van der Waals surface area contributed by atoms with Gasteiger partial charge in [0.1, 0.15) is 12.2 Å². The van der Waals surface area contributed by atoms with Crippen LogP contribution in [0, 0.1) is 0 Å². The fourth-order valence-electron chi connectivity index (χ4n) is 0.405. The van der Waals surface area contributed by atoms with E-state index in [0.717, 1.165) is 0 Å². The first-order valence-electron chi connectivity index (χ1n) is 2.27. The van der Waals surface area contributed by atoms with Crippen molar-refractivity contribution in [3.63, 3.8) is 0 Å². The number of hydrogen-bond donors (Lipinski definition) is 1. The van der Waals surface area contributed by atoms with Gasteiger partial charge >= 0.3 is 0 Å². The van der Waals surface area contributed by atoms with Crippen LogP contribution in [0.4, 0.5) is 0 Å². The van der Waals surface area contributed by atoms with E-state index in [1.165, 1.54) is 6.08 Å². The predicted octanol–water partition coefficient (Wildman–Crippen LogP) is -0.0679. The molecular formula is C5H8O2. The summed E-state index contributed by atoms with van der Waals surface area (Å²) in [6.07, 6.45) is 1.09. The molecule has 0 amide bonds. The Bertz CT molecular complexity index is 76.1. The normalized spacial score (nSPS) is 31.9. The molecule has 2 heteroatoms. The molecule has 0 spiro atoms. The lowest BCUT2D eigenvalue weighted by Crippen LogP contribution is -2.09. The second kappa shape index (κ2) is 1.64. The Morgan fingerprint density at radius 2 is 2.57 bits per heavy atom. The monoisotopic (exact) mass is 100 g/mol. The smallest absolute Gasteiger partial charge is 0.110 e. The highest BCUT2D eigenvalue weighted by Gasteiger charge is 2.28. The van der Waals surface area contributed by atoms with E-state index in [9.17, 15) is 0 Å². The van der Waals surface area contributed by atoms with Crippen molar-refractivity contribution in [3.05, 3.63) is 12.7 Å². The average molecular weight is 100 g/mol. The van der Waals surface area contributed by atoms with Crippen molar-refractivity contribution in [1.29, 1.82) is 0 Å². The standard InChI is InChI=1S/C5H8O2/c1-2-4(6)5-3-7-5/h2,4-6H,1,3H2/t4-,5+/m1/s1. The summed E-state index contributed by atoms with van der Waals surface area (Å²) in [7, 11) is 0. The zero-order valence-electron chi connectivity index (χ0n) is 4.00. The number of aliphatic hydroxyl groups excluding tert-OH is 1. The third-order valence-electron chi connectivity index (χ3n) is 0.982. The van der Waals surface area contributed by atoms with Crippen molar-refractivity contribution in [1.82, 2.24) is 0 Å². The predicted molar refractivity (Wildman–Crippen MR) is 25.9 cm³/mol. The van der Waals surface area contributed by atoms with Gasteiger partial charge in [0.15, 0.2) is 0 Å². The van der Waals surface area contributed by atoms with Gasteiger partial charge in [0.25, 0.3) is 0 Å².